The van der Waals surface area contributed by atoms with Crippen molar-refractivity contribution in [2.24, 2.45) is 0 Å². The summed E-state index contributed by atoms with van der Waals surface area (Å²) in [6.45, 7) is 4.36. The molecule has 0 atom stereocenters. The van der Waals surface area contributed by atoms with Gasteiger partial charge in [-0.3, -0.25) is 4.98 Å². The summed E-state index contributed by atoms with van der Waals surface area (Å²) in [5, 5.41) is 18.1. The molecule has 0 saturated heterocycles. The first-order valence-corrected chi connectivity index (χ1v) is 5.88. The Hall–Kier alpha value is -2.62. The van der Waals surface area contributed by atoms with E-state index in [9.17, 15) is 4.79 Å². The lowest BCUT2D eigenvalue weighted by Crippen LogP contribution is -2.08. The fourth-order valence-electron chi connectivity index (χ4n) is 1.58. The Bertz CT molecular complexity index is 663. The van der Waals surface area contributed by atoms with Crippen LogP contribution in [0.2, 0.25) is 0 Å². The lowest BCUT2D eigenvalue weighted by Gasteiger charge is -2.09. The minimum atomic E-state index is -0.360. The van der Waals surface area contributed by atoms with Gasteiger partial charge < -0.3 is 5.32 Å². The van der Waals surface area contributed by atoms with Gasteiger partial charge in [-0.15, -0.1) is 0 Å². The summed E-state index contributed by atoms with van der Waals surface area (Å²) >= 11 is 0. The number of aromatic amines is 2. The van der Waals surface area contributed by atoms with Crippen molar-refractivity contribution in [2.45, 2.75) is 26.3 Å². The van der Waals surface area contributed by atoms with E-state index in [-0.39, 0.29) is 11.6 Å². The highest BCUT2D eigenvalue weighted by atomic mass is 16.1. The molecule has 0 aliphatic rings. The van der Waals surface area contributed by atoms with Crippen LogP contribution in [0.5, 0.6) is 0 Å². The van der Waals surface area contributed by atoms with E-state index in [1.807, 2.05) is 19.9 Å². The van der Waals surface area contributed by atoms with Gasteiger partial charge in [-0.05, 0) is 18.1 Å². The fraction of sp³-hybridized carbons (Fsp3) is 0.333. The first-order chi connectivity index (χ1) is 9.10. The van der Waals surface area contributed by atoms with E-state index in [4.69, 9.17) is 5.26 Å². The maximum Gasteiger partial charge on any atom is 0.340 e. The van der Waals surface area contributed by atoms with Crippen LogP contribution >= 0.6 is 0 Å². The molecule has 0 fully saturated rings. The first kappa shape index (κ1) is 12.8. The summed E-state index contributed by atoms with van der Waals surface area (Å²) in [7, 11) is 0. The summed E-state index contributed by atoms with van der Waals surface area (Å²) in [6.07, 6.45) is 0. The number of H-pyrrole nitrogens is 2. The molecular formula is C12H14N6O. The molecule has 2 aromatic rings. The molecule has 0 aliphatic heterocycles. The van der Waals surface area contributed by atoms with Crippen molar-refractivity contribution < 1.29 is 0 Å². The Morgan fingerprint density at radius 3 is 2.84 bits per heavy atom. The minimum absolute atomic E-state index is 0.276. The number of nitriles is 1. The molecule has 7 nitrogen and oxygen atoms in total. The van der Waals surface area contributed by atoms with Gasteiger partial charge in [0.15, 0.2) is 0 Å². The third kappa shape index (κ3) is 2.98. The van der Waals surface area contributed by atoms with Crippen molar-refractivity contribution in [3.63, 3.8) is 0 Å². The van der Waals surface area contributed by atoms with Crippen LogP contribution in [-0.4, -0.2) is 20.2 Å². The molecule has 19 heavy (non-hydrogen) atoms. The number of anilines is 1. The van der Waals surface area contributed by atoms with Crippen LogP contribution in [0.4, 0.5) is 5.82 Å². The Kier molecular flexibility index (Phi) is 3.61. The summed E-state index contributed by atoms with van der Waals surface area (Å²) in [4.78, 5) is 17.8. The lowest BCUT2D eigenvalue weighted by atomic mass is 10.1. The molecule has 0 radical (unpaired) electrons. The highest BCUT2D eigenvalue weighted by Crippen LogP contribution is 2.18. The smallest absolute Gasteiger partial charge is 0.340 e. The van der Waals surface area contributed by atoms with Gasteiger partial charge in [0.1, 0.15) is 17.7 Å². The molecule has 98 valence electrons. The largest absolute Gasteiger partial charge is 0.362 e. The third-order valence-corrected chi connectivity index (χ3v) is 2.60. The molecule has 0 spiro atoms. The van der Waals surface area contributed by atoms with Gasteiger partial charge in [-0.2, -0.15) is 10.4 Å². The summed E-state index contributed by atoms with van der Waals surface area (Å²) in [6, 6.07) is 5.65. The standard InChI is InChI=1S/C12H14N6O/c1-7(2)9-4-3-8(5-13)11(15-9)14-6-10-16-12(19)18-17-10/h3-4,7H,6H2,1-2H3,(H,14,15)(H2,16,17,18,19). The van der Waals surface area contributed by atoms with E-state index in [1.165, 1.54) is 0 Å². The number of aromatic nitrogens is 4. The quantitative estimate of drug-likeness (QED) is 0.760. The van der Waals surface area contributed by atoms with Crippen molar-refractivity contribution in [3.8, 4) is 6.07 Å². The summed E-state index contributed by atoms with van der Waals surface area (Å²) < 4.78 is 0. The van der Waals surface area contributed by atoms with E-state index in [2.05, 4.69) is 31.6 Å². The number of hydrogen-bond acceptors (Lipinski definition) is 5. The molecule has 2 heterocycles. The van der Waals surface area contributed by atoms with Crippen LogP contribution in [0, 0.1) is 11.3 Å². The number of nitrogens with one attached hydrogen (secondary N) is 3. The zero-order chi connectivity index (χ0) is 13.8. The molecular weight excluding hydrogens is 244 g/mol. The first-order valence-electron chi connectivity index (χ1n) is 5.88. The van der Waals surface area contributed by atoms with E-state index in [0.29, 0.717) is 23.8 Å². The average Bonchev–Trinajstić information content (AvgIpc) is 2.81. The van der Waals surface area contributed by atoms with E-state index in [1.54, 1.807) is 6.07 Å². The highest BCUT2D eigenvalue weighted by molar-refractivity contribution is 5.52. The molecule has 3 N–H and O–H groups in total. The van der Waals surface area contributed by atoms with Gasteiger partial charge in [-0.25, -0.2) is 14.9 Å². The number of hydrogen-bond donors (Lipinski definition) is 3. The molecule has 0 amide bonds. The van der Waals surface area contributed by atoms with Gasteiger partial charge in [0.2, 0.25) is 0 Å². The second-order valence-corrected chi connectivity index (χ2v) is 4.38. The van der Waals surface area contributed by atoms with Crippen LogP contribution in [-0.2, 0) is 6.54 Å². The molecule has 0 aliphatic carbocycles. The Morgan fingerprint density at radius 2 is 2.26 bits per heavy atom. The van der Waals surface area contributed by atoms with Crippen LogP contribution in [0.25, 0.3) is 0 Å². The molecule has 2 rings (SSSR count). The van der Waals surface area contributed by atoms with Crippen molar-refractivity contribution in [2.75, 3.05) is 5.32 Å². The predicted molar refractivity (Wildman–Crippen MR) is 69.6 cm³/mol. The van der Waals surface area contributed by atoms with Crippen LogP contribution in [0.1, 0.15) is 36.8 Å². The number of pyridine rings is 1. The third-order valence-electron chi connectivity index (χ3n) is 2.60. The average molecular weight is 258 g/mol. The summed E-state index contributed by atoms with van der Waals surface area (Å²) in [5.74, 6) is 1.24. The number of rotatable bonds is 4. The summed E-state index contributed by atoms with van der Waals surface area (Å²) in [5.41, 5.74) is 1.00. The minimum Gasteiger partial charge on any atom is -0.362 e. The van der Waals surface area contributed by atoms with Gasteiger partial charge in [-0.1, -0.05) is 13.8 Å². The van der Waals surface area contributed by atoms with Crippen LogP contribution in [0.15, 0.2) is 16.9 Å². The van der Waals surface area contributed by atoms with E-state index >= 15 is 0 Å². The molecule has 0 bridgehead atoms. The zero-order valence-electron chi connectivity index (χ0n) is 10.7. The lowest BCUT2D eigenvalue weighted by molar-refractivity contribution is 0.820. The maximum atomic E-state index is 10.9. The Morgan fingerprint density at radius 1 is 1.47 bits per heavy atom. The van der Waals surface area contributed by atoms with Crippen molar-refractivity contribution in [3.05, 3.63) is 39.7 Å². The van der Waals surface area contributed by atoms with Gasteiger partial charge in [0.05, 0.1) is 12.1 Å². The molecule has 0 saturated carbocycles. The molecule has 7 heteroatoms. The molecule has 2 aromatic heterocycles. The van der Waals surface area contributed by atoms with Crippen molar-refractivity contribution in [1.29, 1.82) is 5.26 Å². The van der Waals surface area contributed by atoms with Gasteiger partial charge in [0.25, 0.3) is 0 Å². The van der Waals surface area contributed by atoms with Crippen molar-refractivity contribution in [1.82, 2.24) is 20.2 Å². The van der Waals surface area contributed by atoms with E-state index in [0.717, 1.165) is 5.69 Å². The molecule has 0 unspecified atom stereocenters. The number of nitrogens with zero attached hydrogens (tertiary/aromatic N) is 3. The fourth-order valence-corrected chi connectivity index (χ4v) is 1.58. The van der Waals surface area contributed by atoms with Crippen LogP contribution < -0.4 is 11.0 Å². The highest BCUT2D eigenvalue weighted by Gasteiger charge is 2.08. The maximum absolute atomic E-state index is 10.9. The molecule has 0 aromatic carbocycles. The SMILES string of the molecule is CC(C)c1ccc(C#N)c(NCc2n[nH]c(=O)[nH]2)n1. The Balaban J connectivity index is 2.20. The second kappa shape index (κ2) is 5.35. The Labute approximate surface area is 109 Å². The van der Waals surface area contributed by atoms with E-state index < -0.39 is 0 Å². The van der Waals surface area contributed by atoms with Crippen LogP contribution in [0.3, 0.4) is 0 Å². The van der Waals surface area contributed by atoms with Gasteiger partial charge in [0, 0.05) is 5.69 Å². The van der Waals surface area contributed by atoms with Crippen molar-refractivity contribution >= 4 is 5.82 Å². The van der Waals surface area contributed by atoms with Gasteiger partial charge >= 0.3 is 5.69 Å². The predicted octanol–water partition coefficient (Wildman–Crippen LogP) is 1.10. The second-order valence-electron chi connectivity index (χ2n) is 4.38. The normalized spacial score (nSPS) is 10.4. The monoisotopic (exact) mass is 258 g/mol. The zero-order valence-corrected chi connectivity index (χ0v) is 10.7. The topological polar surface area (TPSA) is 110 Å².